The molecule has 20 heavy (non-hydrogen) atoms. The van der Waals surface area contributed by atoms with Crippen LogP contribution in [0.4, 0.5) is 5.69 Å². The number of anilines is 1. The van der Waals surface area contributed by atoms with E-state index in [0.717, 1.165) is 31.8 Å². The van der Waals surface area contributed by atoms with E-state index in [-0.39, 0.29) is 0 Å². The number of thiophene rings is 1. The van der Waals surface area contributed by atoms with Gasteiger partial charge in [-0.25, -0.2) is 0 Å². The van der Waals surface area contributed by atoms with Crippen LogP contribution < -0.4 is 15.0 Å². The molecule has 0 aliphatic heterocycles. The molecule has 0 saturated carbocycles. The van der Waals surface area contributed by atoms with Crippen molar-refractivity contribution in [2.45, 2.75) is 6.42 Å². The standard InChI is InChI=1S/C16H22N2OS/c1-18(15-3-5-16(19-2)6-4-15)11-10-17-9-7-14-8-12-20-13-14/h3-6,8,12-13,17H,7,9-11H2,1-2H3. The molecule has 2 aromatic rings. The van der Waals surface area contributed by atoms with Gasteiger partial charge in [-0.1, -0.05) is 0 Å². The van der Waals surface area contributed by atoms with E-state index < -0.39 is 0 Å². The van der Waals surface area contributed by atoms with Crippen molar-refractivity contribution in [3.8, 4) is 5.75 Å². The molecule has 0 saturated heterocycles. The van der Waals surface area contributed by atoms with E-state index in [0.29, 0.717) is 0 Å². The zero-order valence-corrected chi connectivity index (χ0v) is 13.0. The van der Waals surface area contributed by atoms with Gasteiger partial charge >= 0.3 is 0 Å². The number of methoxy groups -OCH3 is 1. The predicted octanol–water partition coefficient (Wildman–Crippen LogP) is 3.03. The van der Waals surface area contributed by atoms with Crippen molar-refractivity contribution < 1.29 is 4.74 Å². The molecule has 4 heteroatoms. The molecule has 0 spiro atoms. The van der Waals surface area contributed by atoms with E-state index >= 15 is 0 Å². The zero-order valence-electron chi connectivity index (χ0n) is 12.1. The Morgan fingerprint density at radius 3 is 2.60 bits per heavy atom. The SMILES string of the molecule is COc1ccc(N(C)CCNCCc2ccsc2)cc1. The summed E-state index contributed by atoms with van der Waals surface area (Å²) in [5.41, 5.74) is 2.64. The highest BCUT2D eigenvalue weighted by molar-refractivity contribution is 7.07. The monoisotopic (exact) mass is 290 g/mol. The normalized spacial score (nSPS) is 10.5. The van der Waals surface area contributed by atoms with E-state index in [1.165, 1.54) is 11.3 Å². The van der Waals surface area contributed by atoms with Crippen LogP contribution in [0.1, 0.15) is 5.56 Å². The molecular weight excluding hydrogens is 268 g/mol. The zero-order chi connectivity index (χ0) is 14.2. The lowest BCUT2D eigenvalue weighted by Crippen LogP contribution is -2.30. The summed E-state index contributed by atoms with van der Waals surface area (Å²) >= 11 is 1.76. The van der Waals surface area contributed by atoms with Crippen LogP contribution in [0.3, 0.4) is 0 Å². The first-order valence-corrected chi connectivity index (χ1v) is 7.81. The summed E-state index contributed by atoms with van der Waals surface area (Å²) < 4.78 is 5.17. The number of likely N-dealkylation sites (N-methyl/N-ethyl adjacent to an activating group) is 1. The lowest BCUT2D eigenvalue weighted by Gasteiger charge is -2.19. The molecule has 1 N–H and O–H groups in total. The first-order chi connectivity index (χ1) is 9.79. The molecule has 1 heterocycles. The van der Waals surface area contributed by atoms with Crippen LogP contribution in [0.2, 0.25) is 0 Å². The number of hydrogen-bond donors (Lipinski definition) is 1. The summed E-state index contributed by atoms with van der Waals surface area (Å²) in [6.45, 7) is 3.02. The van der Waals surface area contributed by atoms with Crippen molar-refractivity contribution in [3.63, 3.8) is 0 Å². The molecule has 2 rings (SSSR count). The first-order valence-electron chi connectivity index (χ1n) is 6.86. The van der Waals surface area contributed by atoms with E-state index in [1.54, 1.807) is 18.4 Å². The number of rotatable bonds is 8. The Hall–Kier alpha value is -1.52. The fourth-order valence-electron chi connectivity index (χ4n) is 2.01. The second-order valence-electron chi connectivity index (χ2n) is 4.75. The maximum atomic E-state index is 5.17. The Bertz CT molecular complexity index is 482. The van der Waals surface area contributed by atoms with Crippen molar-refractivity contribution in [1.82, 2.24) is 5.32 Å². The Kier molecular flexibility index (Phi) is 5.89. The molecule has 1 aromatic carbocycles. The van der Waals surface area contributed by atoms with Gasteiger partial charge in [0.25, 0.3) is 0 Å². The summed E-state index contributed by atoms with van der Waals surface area (Å²) in [7, 11) is 3.80. The molecule has 0 aliphatic rings. The summed E-state index contributed by atoms with van der Waals surface area (Å²) in [6.07, 6.45) is 1.11. The van der Waals surface area contributed by atoms with Crippen LogP contribution in [-0.4, -0.2) is 33.8 Å². The van der Waals surface area contributed by atoms with Gasteiger partial charge in [0, 0.05) is 25.8 Å². The minimum Gasteiger partial charge on any atom is -0.497 e. The smallest absolute Gasteiger partial charge is 0.119 e. The van der Waals surface area contributed by atoms with Gasteiger partial charge in [-0.2, -0.15) is 11.3 Å². The highest BCUT2D eigenvalue weighted by atomic mass is 32.1. The molecule has 1 aromatic heterocycles. The number of nitrogens with zero attached hydrogens (tertiary/aromatic N) is 1. The average molecular weight is 290 g/mol. The first kappa shape index (κ1) is 14.9. The average Bonchev–Trinajstić information content (AvgIpc) is 3.00. The van der Waals surface area contributed by atoms with Crippen LogP contribution in [0.15, 0.2) is 41.1 Å². The minimum absolute atomic E-state index is 0.899. The largest absolute Gasteiger partial charge is 0.497 e. The van der Waals surface area contributed by atoms with Crippen molar-refractivity contribution in [2.24, 2.45) is 0 Å². The third-order valence-corrected chi connectivity index (χ3v) is 4.04. The van der Waals surface area contributed by atoms with Gasteiger partial charge < -0.3 is 15.0 Å². The van der Waals surface area contributed by atoms with Gasteiger partial charge in [-0.15, -0.1) is 0 Å². The van der Waals surface area contributed by atoms with E-state index in [2.05, 4.69) is 46.2 Å². The summed E-state index contributed by atoms with van der Waals surface area (Å²) in [6, 6.07) is 10.4. The molecule has 0 aliphatic carbocycles. The van der Waals surface area contributed by atoms with Gasteiger partial charge in [-0.3, -0.25) is 0 Å². The van der Waals surface area contributed by atoms with Gasteiger partial charge in [0.15, 0.2) is 0 Å². The Labute approximate surface area is 125 Å². The molecule has 3 nitrogen and oxygen atoms in total. The molecule has 0 fully saturated rings. The molecular formula is C16H22N2OS. The Morgan fingerprint density at radius 1 is 1.15 bits per heavy atom. The van der Waals surface area contributed by atoms with Crippen LogP contribution in [-0.2, 0) is 6.42 Å². The maximum Gasteiger partial charge on any atom is 0.119 e. The lowest BCUT2D eigenvalue weighted by molar-refractivity contribution is 0.415. The second kappa shape index (κ2) is 7.92. The molecule has 0 atom stereocenters. The molecule has 0 bridgehead atoms. The fourth-order valence-corrected chi connectivity index (χ4v) is 2.71. The van der Waals surface area contributed by atoms with Gasteiger partial charge in [0.1, 0.15) is 5.75 Å². The summed E-state index contributed by atoms with van der Waals surface area (Å²) in [5, 5.41) is 7.83. The molecule has 0 unspecified atom stereocenters. The maximum absolute atomic E-state index is 5.17. The van der Waals surface area contributed by atoms with Crippen LogP contribution in [0.25, 0.3) is 0 Å². The number of benzene rings is 1. The van der Waals surface area contributed by atoms with E-state index in [4.69, 9.17) is 4.74 Å². The third kappa shape index (κ3) is 4.54. The fraction of sp³-hybridized carbons (Fsp3) is 0.375. The van der Waals surface area contributed by atoms with Gasteiger partial charge in [-0.05, 0) is 59.6 Å². The Balaban J connectivity index is 1.65. The van der Waals surface area contributed by atoms with Crippen molar-refractivity contribution in [2.75, 3.05) is 38.7 Å². The van der Waals surface area contributed by atoms with Gasteiger partial charge in [0.2, 0.25) is 0 Å². The van der Waals surface area contributed by atoms with Crippen LogP contribution in [0, 0.1) is 0 Å². The molecule has 0 amide bonds. The number of hydrogen-bond acceptors (Lipinski definition) is 4. The van der Waals surface area contributed by atoms with Crippen molar-refractivity contribution >= 4 is 17.0 Å². The number of nitrogens with one attached hydrogen (secondary N) is 1. The quantitative estimate of drug-likeness (QED) is 0.756. The molecule has 0 radical (unpaired) electrons. The van der Waals surface area contributed by atoms with Crippen LogP contribution >= 0.6 is 11.3 Å². The third-order valence-electron chi connectivity index (χ3n) is 3.31. The van der Waals surface area contributed by atoms with Crippen LogP contribution in [0.5, 0.6) is 5.75 Å². The predicted molar refractivity (Wildman–Crippen MR) is 87.2 cm³/mol. The molecule has 108 valence electrons. The van der Waals surface area contributed by atoms with Gasteiger partial charge in [0.05, 0.1) is 7.11 Å². The van der Waals surface area contributed by atoms with Crippen molar-refractivity contribution in [3.05, 3.63) is 46.7 Å². The lowest BCUT2D eigenvalue weighted by atomic mass is 10.2. The highest BCUT2D eigenvalue weighted by Gasteiger charge is 2.00. The topological polar surface area (TPSA) is 24.5 Å². The minimum atomic E-state index is 0.899. The Morgan fingerprint density at radius 2 is 1.95 bits per heavy atom. The summed E-state index contributed by atoms with van der Waals surface area (Å²) in [4.78, 5) is 2.25. The van der Waals surface area contributed by atoms with E-state index in [1.807, 2.05) is 12.1 Å². The summed E-state index contributed by atoms with van der Waals surface area (Å²) in [5.74, 6) is 0.899. The van der Waals surface area contributed by atoms with E-state index in [9.17, 15) is 0 Å². The number of ether oxygens (including phenoxy) is 1. The second-order valence-corrected chi connectivity index (χ2v) is 5.53. The van der Waals surface area contributed by atoms with Crippen molar-refractivity contribution in [1.29, 1.82) is 0 Å². The highest BCUT2D eigenvalue weighted by Crippen LogP contribution is 2.17.